The zero-order valence-electron chi connectivity index (χ0n) is 17.1. The zero-order chi connectivity index (χ0) is 19.8. The summed E-state index contributed by atoms with van der Waals surface area (Å²) in [6.45, 7) is 9.76. The first-order valence-corrected chi connectivity index (χ1v) is 10.3. The van der Waals surface area contributed by atoms with Gasteiger partial charge in [-0.05, 0) is 26.1 Å². The van der Waals surface area contributed by atoms with Crippen LogP contribution in [0.3, 0.4) is 0 Å². The van der Waals surface area contributed by atoms with E-state index < -0.39 is 0 Å². The summed E-state index contributed by atoms with van der Waals surface area (Å²) in [7, 11) is 2.17. The van der Waals surface area contributed by atoms with Gasteiger partial charge in [-0.3, -0.25) is 0 Å². The molecule has 0 unspecified atom stereocenters. The van der Waals surface area contributed by atoms with Crippen LogP contribution in [0.4, 0.5) is 17.6 Å². The molecule has 2 fully saturated rings. The quantitative estimate of drug-likeness (QED) is 0.670. The van der Waals surface area contributed by atoms with Gasteiger partial charge in [0.1, 0.15) is 17.2 Å². The average molecular weight is 393 g/mol. The van der Waals surface area contributed by atoms with Crippen LogP contribution in [0, 0.1) is 6.92 Å². The molecular formula is C21H27N7O. The predicted octanol–water partition coefficient (Wildman–Crippen LogP) is 2.00. The van der Waals surface area contributed by atoms with Gasteiger partial charge in [0.2, 0.25) is 5.95 Å². The number of furan rings is 1. The summed E-state index contributed by atoms with van der Waals surface area (Å²) in [4.78, 5) is 23.6. The third-order valence-electron chi connectivity index (χ3n) is 5.88. The molecule has 0 radical (unpaired) electrons. The molecule has 0 aliphatic carbocycles. The van der Waals surface area contributed by atoms with Crippen LogP contribution in [-0.2, 0) is 0 Å². The number of fused-ring (bicyclic) bond motifs is 1. The molecular weight excluding hydrogens is 366 g/mol. The Labute approximate surface area is 170 Å². The van der Waals surface area contributed by atoms with Crippen molar-refractivity contribution in [2.45, 2.75) is 6.92 Å². The Morgan fingerprint density at radius 1 is 0.862 bits per heavy atom. The summed E-state index contributed by atoms with van der Waals surface area (Å²) >= 11 is 0. The smallest absolute Gasteiger partial charge is 0.227 e. The van der Waals surface area contributed by atoms with Crippen LogP contribution >= 0.6 is 0 Å². The highest BCUT2D eigenvalue weighted by Gasteiger charge is 2.23. The second kappa shape index (κ2) is 7.51. The molecule has 3 aromatic heterocycles. The van der Waals surface area contributed by atoms with Gasteiger partial charge in [-0.2, -0.15) is 4.98 Å². The van der Waals surface area contributed by atoms with Crippen molar-refractivity contribution < 1.29 is 4.42 Å². The number of pyridine rings is 1. The molecule has 0 spiro atoms. The van der Waals surface area contributed by atoms with Gasteiger partial charge in [0, 0.05) is 70.3 Å². The van der Waals surface area contributed by atoms with Crippen LogP contribution < -0.4 is 14.7 Å². The molecule has 5 heterocycles. The highest BCUT2D eigenvalue weighted by molar-refractivity contribution is 5.88. The summed E-state index contributed by atoms with van der Waals surface area (Å²) in [5, 5.41) is 1.07. The summed E-state index contributed by atoms with van der Waals surface area (Å²) in [5.74, 6) is 2.89. The molecule has 0 atom stereocenters. The molecule has 0 amide bonds. The van der Waals surface area contributed by atoms with Gasteiger partial charge in [-0.1, -0.05) is 0 Å². The number of anilines is 3. The maximum Gasteiger partial charge on any atom is 0.227 e. The van der Waals surface area contributed by atoms with Crippen molar-refractivity contribution in [3.05, 3.63) is 36.4 Å². The second-order valence-electron chi connectivity index (χ2n) is 7.90. The largest absolute Gasteiger partial charge is 0.464 e. The molecule has 152 valence electrons. The molecule has 0 bridgehead atoms. The van der Waals surface area contributed by atoms with E-state index in [9.17, 15) is 0 Å². The van der Waals surface area contributed by atoms with Gasteiger partial charge in [-0.25, -0.2) is 9.97 Å². The van der Waals surface area contributed by atoms with Crippen LogP contribution in [0.2, 0.25) is 0 Å². The lowest BCUT2D eigenvalue weighted by atomic mass is 10.2. The van der Waals surface area contributed by atoms with Crippen LogP contribution in [0.25, 0.3) is 11.0 Å². The Hall–Kier alpha value is -2.87. The van der Waals surface area contributed by atoms with Gasteiger partial charge < -0.3 is 24.0 Å². The van der Waals surface area contributed by atoms with E-state index in [-0.39, 0.29) is 0 Å². The van der Waals surface area contributed by atoms with Crippen LogP contribution in [0.5, 0.6) is 0 Å². The molecule has 0 N–H and O–H groups in total. The SMILES string of the molecule is Cc1cc(N2CCN(C)CC2)nc(N2CCN(c3nccc4occc34)CC2)n1. The molecule has 29 heavy (non-hydrogen) atoms. The van der Waals surface area contributed by atoms with Gasteiger partial charge in [-0.15, -0.1) is 0 Å². The molecule has 8 nitrogen and oxygen atoms in total. The van der Waals surface area contributed by atoms with Crippen LogP contribution in [0.1, 0.15) is 5.69 Å². The fraction of sp³-hybridized carbons (Fsp3) is 0.476. The lowest BCUT2D eigenvalue weighted by molar-refractivity contribution is 0.312. The van der Waals surface area contributed by atoms with Crippen molar-refractivity contribution in [1.29, 1.82) is 0 Å². The Balaban J connectivity index is 1.31. The molecule has 0 aromatic carbocycles. The number of aryl methyl sites for hydroxylation is 1. The minimum Gasteiger partial charge on any atom is -0.464 e. The van der Waals surface area contributed by atoms with E-state index in [2.05, 4.69) is 44.6 Å². The summed E-state index contributed by atoms with van der Waals surface area (Å²) < 4.78 is 5.53. The minimum absolute atomic E-state index is 0.841. The highest BCUT2D eigenvalue weighted by Crippen LogP contribution is 2.27. The normalized spacial score (nSPS) is 18.6. The number of piperazine rings is 2. The maximum atomic E-state index is 5.53. The Bertz CT molecular complexity index is 988. The van der Waals surface area contributed by atoms with Gasteiger partial charge >= 0.3 is 0 Å². The van der Waals surface area contributed by atoms with Crippen LogP contribution in [0.15, 0.2) is 35.1 Å². The van der Waals surface area contributed by atoms with Crippen molar-refractivity contribution in [3.63, 3.8) is 0 Å². The summed E-state index contributed by atoms with van der Waals surface area (Å²) in [6.07, 6.45) is 3.55. The van der Waals surface area contributed by atoms with E-state index in [1.165, 1.54) is 0 Å². The number of rotatable bonds is 3. The van der Waals surface area contributed by atoms with Crippen molar-refractivity contribution in [2.75, 3.05) is 74.1 Å². The Kier molecular flexibility index (Phi) is 4.71. The molecule has 2 saturated heterocycles. The summed E-state index contributed by atoms with van der Waals surface area (Å²) in [5.41, 5.74) is 1.91. The Morgan fingerprint density at radius 3 is 2.38 bits per heavy atom. The summed E-state index contributed by atoms with van der Waals surface area (Å²) in [6, 6.07) is 6.01. The van der Waals surface area contributed by atoms with Crippen molar-refractivity contribution in [3.8, 4) is 0 Å². The first-order valence-electron chi connectivity index (χ1n) is 10.3. The lowest BCUT2D eigenvalue weighted by Gasteiger charge is -2.37. The Morgan fingerprint density at radius 2 is 1.59 bits per heavy atom. The number of likely N-dealkylation sites (N-methyl/N-ethyl adjacent to an activating group) is 1. The van der Waals surface area contributed by atoms with Crippen molar-refractivity contribution in [2.24, 2.45) is 0 Å². The molecule has 2 aliphatic rings. The van der Waals surface area contributed by atoms with Gasteiger partial charge in [0.25, 0.3) is 0 Å². The molecule has 3 aromatic rings. The standard InChI is InChI=1S/C21H27N7O/c1-16-15-19(26-8-6-25(2)7-9-26)24-21(23-16)28-12-10-27(11-13-28)20-17-4-14-29-18(17)3-5-22-20/h3-5,14-15H,6-13H2,1-2H3. The maximum absolute atomic E-state index is 5.53. The molecule has 8 heteroatoms. The highest BCUT2D eigenvalue weighted by atomic mass is 16.3. The predicted molar refractivity (Wildman–Crippen MR) is 115 cm³/mol. The fourth-order valence-corrected chi connectivity index (χ4v) is 4.13. The van der Waals surface area contributed by atoms with E-state index in [0.717, 1.165) is 86.6 Å². The first-order chi connectivity index (χ1) is 14.2. The first kappa shape index (κ1) is 18.2. The third kappa shape index (κ3) is 3.60. The van der Waals surface area contributed by atoms with Crippen LogP contribution in [-0.4, -0.2) is 79.3 Å². The average Bonchev–Trinajstić information content (AvgIpc) is 3.23. The topological polar surface area (TPSA) is 64.8 Å². The van der Waals surface area contributed by atoms with E-state index in [1.54, 1.807) is 6.26 Å². The molecule has 5 rings (SSSR count). The molecule has 0 saturated carbocycles. The zero-order valence-corrected chi connectivity index (χ0v) is 17.1. The van der Waals surface area contributed by atoms with E-state index in [4.69, 9.17) is 14.4 Å². The number of aromatic nitrogens is 3. The fourth-order valence-electron chi connectivity index (χ4n) is 4.13. The number of nitrogens with zero attached hydrogens (tertiary/aromatic N) is 7. The van der Waals surface area contributed by atoms with Gasteiger partial charge in [0.05, 0.1) is 11.6 Å². The number of hydrogen-bond acceptors (Lipinski definition) is 8. The number of hydrogen-bond donors (Lipinski definition) is 0. The van der Waals surface area contributed by atoms with E-state index >= 15 is 0 Å². The monoisotopic (exact) mass is 393 g/mol. The van der Waals surface area contributed by atoms with Gasteiger partial charge in [0.15, 0.2) is 0 Å². The van der Waals surface area contributed by atoms with E-state index in [1.807, 2.05) is 18.3 Å². The third-order valence-corrected chi connectivity index (χ3v) is 5.88. The lowest BCUT2D eigenvalue weighted by Crippen LogP contribution is -2.48. The minimum atomic E-state index is 0.841. The second-order valence-corrected chi connectivity index (χ2v) is 7.90. The van der Waals surface area contributed by atoms with E-state index in [0.29, 0.717) is 0 Å². The molecule has 2 aliphatic heterocycles. The van der Waals surface area contributed by atoms with Crippen molar-refractivity contribution >= 4 is 28.6 Å². The van der Waals surface area contributed by atoms with Crippen molar-refractivity contribution in [1.82, 2.24) is 19.9 Å².